The van der Waals surface area contributed by atoms with Crippen LogP contribution in [0.2, 0.25) is 0 Å². The molecule has 20 heavy (non-hydrogen) atoms. The molecule has 1 fully saturated rings. The van der Waals surface area contributed by atoms with Crippen molar-refractivity contribution in [3.8, 4) is 0 Å². The lowest BCUT2D eigenvalue weighted by atomic mass is 9.94. The zero-order valence-electron chi connectivity index (χ0n) is 13.6. The summed E-state index contributed by atoms with van der Waals surface area (Å²) in [6, 6.07) is 0.733. The van der Waals surface area contributed by atoms with Crippen LogP contribution in [0, 0.1) is 11.8 Å². The smallest absolute Gasteiger partial charge is 0.317 e. The number of carbonyl (C=O) groups is 1. The summed E-state index contributed by atoms with van der Waals surface area (Å²) in [4.78, 5) is 14.4. The van der Waals surface area contributed by atoms with Crippen LogP contribution in [0.5, 0.6) is 0 Å². The van der Waals surface area contributed by atoms with Crippen molar-refractivity contribution in [1.82, 2.24) is 10.2 Å². The summed E-state index contributed by atoms with van der Waals surface area (Å²) in [6.45, 7) is 9.50. The van der Waals surface area contributed by atoms with Gasteiger partial charge in [-0.1, -0.05) is 13.8 Å². The highest BCUT2D eigenvalue weighted by molar-refractivity contribution is 5.75. The summed E-state index contributed by atoms with van der Waals surface area (Å²) < 4.78 is 0. The summed E-state index contributed by atoms with van der Waals surface area (Å²) in [7, 11) is 0. The first kappa shape index (κ1) is 17.3. The molecule has 0 aromatic carbocycles. The van der Waals surface area contributed by atoms with E-state index in [1.54, 1.807) is 0 Å². The number of amides is 2. The fourth-order valence-corrected chi connectivity index (χ4v) is 3.30. The average Bonchev–Trinajstić information content (AvgIpc) is 2.35. The van der Waals surface area contributed by atoms with Crippen molar-refractivity contribution < 1.29 is 9.90 Å². The van der Waals surface area contributed by atoms with Gasteiger partial charge in [-0.3, -0.25) is 0 Å². The monoisotopic (exact) mass is 284 g/mol. The average molecular weight is 284 g/mol. The minimum atomic E-state index is 0.0661. The summed E-state index contributed by atoms with van der Waals surface area (Å²) >= 11 is 0. The Morgan fingerprint density at radius 3 is 2.40 bits per heavy atom. The SMILES string of the molecule is CC(C)CC(CCO)CNC(=O)N1C(C)CCCC1C. The number of aliphatic hydroxyl groups is 1. The number of nitrogens with one attached hydrogen (secondary N) is 1. The second-order valence-corrected chi connectivity index (χ2v) is 6.73. The number of likely N-dealkylation sites (tertiary alicyclic amines) is 1. The van der Waals surface area contributed by atoms with Crippen LogP contribution >= 0.6 is 0 Å². The van der Waals surface area contributed by atoms with Gasteiger partial charge in [0.15, 0.2) is 0 Å². The molecule has 4 nitrogen and oxygen atoms in total. The van der Waals surface area contributed by atoms with E-state index in [-0.39, 0.29) is 12.6 Å². The van der Waals surface area contributed by atoms with Crippen molar-refractivity contribution in [1.29, 1.82) is 0 Å². The zero-order valence-corrected chi connectivity index (χ0v) is 13.6. The molecule has 3 unspecified atom stereocenters. The summed E-state index contributed by atoms with van der Waals surface area (Å²) in [5, 5.41) is 12.2. The molecular formula is C16H32N2O2. The van der Waals surface area contributed by atoms with E-state index in [2.05, 4.69) is 33.0 Å². The van der Waals surface area contributed by atoms with E-state index in [1.165, 1.54) is 6.42 Å². The third-order valence-corrected chi connectivity index (χ3v) is 4.31. The van der Waals surface area contributed by atoms with Crippen molar-refractivity contribution in [3.05, 3.63) is 0 Å². The predicted octanol–water partition coefficient (Wildman–Crippen LogP) is 3.00. The summed E-state index contributed by atoms with van der Waals surface area (Å²) in [5.41, 5.74) is 0. The Kier molecular flexibility index (Phi) is 7.35. The maximum atomic E-state index is 12.4. The van der Waals surface area contributed by atoms with E-state index in [0.29, 0.717) is 30.5 Å². The van der Waals surface area contributed by atoms with Gasteiger partial charge in [0, 0.05) is 25.2 Å². The molecule has 0 aliphatic carbocycles. The topological polar surface area (TPSA) is 52.6 Å². The third-order valence-electron chi connectivity index (χ3n) is 4.31. The third kappa shape index (κ3) is 5.31. The summed E-state index contributed by atoms with van der Waals surface area (Å²) in [6.07, 6.45) is 5.23. The van der Waals surface area contributed by atoms with Gasteiger partial charge in [-0.2, -0.15) is 0 Å². The molecule has 3 atom stereocenters. The normalized spacial score (nSPS) is 24.8. The number of aliphatic hydroxyl groups excluding tert-OH is 1. The van der Waals surface area contributed by atoms with Crippen LogP contribution in [-0.2, 0) is 0 Å². The van der Waals surface area contributed by atoms with Crippen LogP contribution < -0.4 is 5.32 Å². The highest BCUT2D eigenvalue weighted by Crippen LogP contribution is 2.22. The molecular weight excluding hydrogens is 252 g/mol. The van der Waals surface area contributed by atoms with Crippen molar-refractivity contribution >= 4 is 6.03 Å². The van der Waals surface area contributed by atoms with Crippen LogP contribution in [0.4, 0.5) is 4.79 Å². The standard InChI is InChI=1S/C16H32N2O2/c1-12(2)10-15(8-9-19)11-17-16(20)18-13(3)6-5-7-14(18)4/h12-15,19H,5-11H2,1-4H3,(H,17,20). The molecule has 2 N–H and O–H groups in total. The second kappa shape index (κ2) is 8.50. The Morgan fingerprint density at radius 1 is 1.30 bits per heavy atom. The molecule has 1 saturated heterocycles. The number of carbonyl (C=O) groups excluding carboxylic acids is 1. The van der Waals surface area contributed by atoms with E-state index >= 15 is 0 Å². The lowest BCUT2D eigenvalue weighted by Crippen LogP contribution is -2.52. The fraction of sp³-hybridized carbons (Fsp3) is 0.938. The van der Waals surface area contributed by atoms with Gasteiger partial charge < -0.3 is 15.3 Å². The Balaban J connectivity index is 2.47. The van der Waals surface area contributed by atoms with E-state index in [4.69, 9.17) is 5.11 Å². The van der Waals surface area contributed by atoms with Gasteiger partial charge in [0.1, 0.15) is 0 Å². The highest BCUT2D eigenvalue weighted by atomic mass is 16.3. The highest BCUT2D eigenvalue weighted by Gasteiger charge is 2.29. The Labute approximate surface area is 123 Å². The van der Waals surface area contributed by atoms with Gasteiger partial charge in [-0.25, -0.2) is 4.79 Å². The predicted molar refractivity (Wildman–Crippen MR) is 82.7 cm³/mol. The number of piperidine rings is 1. The van der Waals surface area contributed by atoms with Gasteiger partial charge in [0.2, 0.25) is 0 Å². The molecule has 0 spiro atoms. The van der Waals surface area contributed by atoms with E-state index in [1.807, 2.05) is 4.90 Å². The van der Waals surface area contributed by atoms with Crippen LogP contribution in [0.15, 0.2) is 0 Å². The van der Waals surface area contributed by atoms with Gasteiger partial charge >= 0.3 is 6.03 Å². The summed E-state index contributed by atoms with van der Waals surface area (Å²) in [5.74, 6) is 0.968. The molecule has 118 valence electrons. The fourth-order valence-electron chi connectivity index (χ4n) is 3.30. The number of rotatable bonds is 6. The van der Waals surface area contributed by atoms with Gasteiger partial charge in [-0.05, 0) is 57.8 Å². The first-order chi connectivity index (χ1) is 9.45. The number of hydrogen-bond donors (Lipinski definition) is 2. The van der Waals surface area contributed by atoms with Crippen LogP contribution in [0.3, 0.4) is 0 Å². The number of hydrogen-bond acceptors (Lipinski definition) is 2. The first-order valence-electron chi connectivity index (χ1n) is 8.12. The van der Waals surface area contributed by atoms with Crippen LogP contribution in [0.25, 0.3) is 0 Å². The molecule has 1 rings (SSSR count). The molecule has 0 aromatic rings. The van der Waals surface area contributed by atoms with Gasteiger partial charge in [0.05, 0.1) is 0 Å². The van der Waals surface area contributed by atoms with E-state index in [0.717, 1.165) is 25.7 Å². The first-order valence-corrected chi connectivity index (χ1v) is 8.12. The minimum Gasteiger partial charge on any atom is -0.396 e. The van der Waals surface area contributed by atoms with E-state index in [9.17, 15) is 4.79 Å². The quantitative estimate of drug-likeness (QED) is 0.788. The zero-order chi connectivity index (χ0) is 15.1. The van der Waals surface area contributed by atoms with Crippen LogP contribution in [-0.4, -0.2) is 41.3 Å². The number of nitrogens with zero attached hydrogens (tertiary/aromatic N) is 1. The lowest BCUT2D eigenvalue weighted by Gasteiger charge is -2.39. The minimum absolute atomic E-state index is 0.0661. The molecule has 1 aliphatic heterocycles. The molecule has 1 heterocycles. The molecule has 2 amide bonds. The Bertz CT molecular complexity index is 284. The van der Waals surface area contributed by atoms with Gasteiger partial charge in [0.25, 0.3) is 0 Å². The maximum Gasteiger partial charge on any atom is 0.317 e. The van der Waals surface area contributed by atoms with Crippen molar-refractivity contribution in [2.45, 2.75) is 71.9 Å². The maximum absolute atomic E-state index is 12.4. The largest absolute Gasteiger partial charge is 0.396 e. The number of urea groups is 1. The molecule has 1 aliphatic rings. The molecule has 0 saturated carbocycles. The Morgan fingerprint density at radius 2 is 1.90 bits per heavy atom. The van der Waals surface area contributed by atoms with Crippen molar-refractivity contribution in [3.63, 3.8) is 0 Å². The molecule has 0 radical (unpaired) electrons. The lowest BCUT2D eigenvalue weighted by molar-refractivity contribution is 0.121. The Hall–Kier alpha value is -0.770. The molecule has 4 heteroatoms. The van der Waals surface area contributed by atoms with Crippen LogP contribution in [0.1, 0.15) is 59.8 Å². The van der Waals surface area contributed by atoms with E-state index < -0.39 is 0 Å². The van der Waals surface area contributed by atoms with Crippen molar-refractivity contribution in [2.75, 3.05) is 13.2 Å². The second-order valence-electron chi connectivity index (χ2n) is 6.73. The van der Waals surface area contributed by atoms with Gasteiger partial charge in [-0.15, -0.1) is 0 Å². The van der Waals surface area contributed by atoms with Crippen molar-refractivity contribution in [2.24, 2.45) is 11.8 Å². The molecule has 0 bridgehead atoms. The molecule has 0 aromatic heterocycles.